The summed E-state index contributed by atoms with van der Waals surface area (Å²) in [5.74, 6) is 5.34. The summed E-state index contributed by atoms with van der Waals surface area (Å²) in [6, 6.07) is 12.9. The molecule has 0 heterocycles. The summed E-state index contributed by atoms with van der Waals surface area (Å²) in [5.41, 5.74) is 4.26. The Balaban J connectivity index is 2.37. The van der Waals surface area contributed by atoms with Crippen LogP contribution in [0.25, 0.3) is 0 Å². The molecule has 2 rings (SSSR count). The van der Waals surface area contributed by atoms with Gasteiger partial charge in [0.1, 0.15) is 5.82 Å². The van der Waals surface area contributed by atoms with Crippen LogP contribution in [0.5, 0.6) is 0 Å². The summed E-state index contributed by atoms with van der Waals surface area (Å²) in [5, 5.41) is 0. The fourth-order valence-electron chi connectivity index (χ4n) is 1.65. The molecule has 0 atom stereocenters. The molecule has 0 amide bonds. The van der Waals surface area contributed by atoms with Gasteiger partial charge in [-0.2, -0.15) is 0 Å². The Kier molecular flexibility index (Phi) is 4.29. The Morgan fingerprint density at radius 2 is 1.75 bits per heavy atom. The van der Waals surface area contributed by atoms with E-state index in [0.717, 1.165) is 0 Å². The number of hydrogen-bond acceptors (Lipinski definition) is 1. The van der Waals surface area contributed by atoms with E-state index < -0.39 is 0 Å². The lowest BCUT2D eigenvalue weighted by molar-refractivity contribution is 0.104. The van der Waals surface area contributed by atoms with Crippen molar-refractivity contribution in [1.29, 1.82) is 0 Å². The summed E-state index contributed by atoms with van der Waals surface area (Å²) < 4.78 is 12.8. The number of rotatable bonds is 2. The average Bonchev–Trinajstić information content (AvgIpc) is 2.47. The molecule has 0 fully saturated rings. The van der Waals surface area contributed by atoms with Gasteiger partial charge in [-0.1, -0.05) is 30.6 Å². The van der Waals surface area contributed by atoms with E-state index in [-0.39, 0.29) is 11.6 Å². The van der Waals surface area contributed by atoms with Gasteiger partial charge in [-0.3, -0.25) is 4.79 Å². The summed E-state index contributed by atoms with van der Waals surface area (Å²) in [4.78, 5) is 11.8. The van der Waals surface area contributed by atoms with Gasteiger partial charge in [0.15, 0.2) is 5.78 Å². The number of halogens is 1. The Bertz CT molecular complexity index is 739. The minimum atomic E-state index is -0.303. The van der Waals surface area contributed by atoms with E-state index in [2.05, 4.69) is 24.2 Å². The molecule has 0 unspecified atom stereocenters. The number of hydrogen-bond donors (Lipinski definition) is 0. The molecule has 20 heavy (non-hydrogen) atoms. The number of benzene rings is 2. The zero-order chi connectivity index (χ0) is 14.4. The lowest BCUT2D eigenvalue weighted by Crippen LogP contribution is -1.97. The molecule has 0 spiro atoms. The van der Waals surface area contributed by atoms with Crippen LogP contribution < -0.4 is 0 Å². The van der Waals surface area contributed by atoms with Crippen molar-refractivity contribution >= 4 is 5.78 Å². The maximum absolute atomic E-state index is 12.8. The minimum Gasteiger partial charge on any atom is -0.289 e. The standard InChI is InChI=1S/C18H11FO/c1-2-5-18(20)17-7-4-3-6-15(17)11-8-14-9-12-16(19)13-10-14/h3-7,9-10,12-13H,1H2. The van der Waals surface area contributed by atoms with Crippen LogP contribution in [0.15, 0.2) is 66.9 Å². The molecular weight excluding hydrogens is 251 g/mol. The molecule has 0 saturated carbocycles. The highest BCUT2D eigenvalue weighted by molar-refractivity contribution is 6.06. The Labute approximate surface area is 117 Å². The molecule has 2 aromatic rings. The fraction of sp³-hybridized carbons (Fsp3) is 0. The predicted octanol–water partition coefficient (Wildman–Crippen LogP) is 3.75. The molecule has 0 aliphatic carbocycles. The Hall–Kier alpha value is -2.88. The maximum Gasteiger partial charge on any atom is 0.194 e. The molecule has 2 aromatic carbocycles. The van der Waals surface area contributed by atoms with E-state index in [4.69, 9.17) is 0 Å². The Morgan fingerprint density at radius 3 is 2.45 bits per heavy atom. The van der Waals surface area contributed by atoms with E-state index in [0.29, 0.717) is 16.7 Å². The fourth-order valence-corrected chi connectivity index (χ4v) is 1.65. The normalized spacial score (nSPS) is 9.05. The van der Waals surface area contributed by atoms with Crippen molar-refractivity contribution < 1.29 is 9.18 Å². The highest BCUT2D eigenvalue weighted by Crippen LogP contribution is 2.09. The van der Waals surface area contributed by atoms with E-state index in [9.17, 15) is 9.18 Å². The predicted molar refractivity (Wildman–Crippen MR) is 76.9 cm³/mol. The van der Waals surface area contributed by atoms with Crippen LogP contribution in [0.2, 0.25) is 0 Å². The largest absolute Gasteiger partial charge is 0.289 e. The second-order valence-corrected chi connectivity index (χ2v) is 4.02. The molecule has 0 aliphatic heterocycles. The second kappa shape index (κ2) is 6.33. The number of ketones is 1. The van der Waals surface area contributed by atoms with E-state index in [1.807, 2.05) is 6.07 Å². The first-order valence-electron chi connectivity index (χ1n) is 5.97. The van der Waals surface area contributed by atoms with Gasteiger partial charge in [-0.05, 0) is 36.4 Å². The zero-order valence-electron chi connectivity index (χ0n) is 10.7. The van der Waals surface area contributed by atoms with Crippen molar-refractivity contribution in [1.82, 2.24) is 0 Å². The molecule has 0 aliphatic rings. The van der Waals surface area contributed by atoms with Crippen LogP contribution in [-0.2, 0) is 0 Å². The molecule has 0 bridgehead atoms. The van der Waals surface area contributed by atoms with Crippen molar-refractivity contribution in [3.05, 3.63) is 89.4 Å². The molecule has 96 valence electrons. The number of carbonyl (C=O) groups is 1. The lowest BCUT2D eigenvalue weighted by atomic mass is 10.0. The van der Waals surface area contributed by atoms with Gasteiger partial charge in [0.05, 0.1) is 0 Å². The smallest absolute Gasteiger partial charge is 0.194 e. The third-order valence-electron chi connectivity index (χ3n) is 2.61. The summed E-state index contributed by atoms with van der Waals surface area (Å²) in [6.45, 7) is 3.38. The topological polar surface area (TPSA) is 17.1 Å². The van der Waals surface area contributed by atoms with Crippen LogP contribution in [0.1, 0.15) is 21.5 Å². The zero-order valence-corrected chi connectivity index (χ0v) is 10.7. The molecule has 0 aromatic heterocycles. The van der Waals surface area contributed by atoms with Gasteiger partial charge in [0.25, 0.3) is 0 Å². The van der Waals surface area contributed by atoms with Crippen molar-refractivity contribution in [3.8, 4) is 11.8 Å². The van der Waals surface area contributed by atoms with Gasteiger partial charge >= 0.3 is 0 Å². The van der Waals surface area contributed by atoms with Crippen molar-refractivity contribution in [2.75, 3.05) is 0 Å². The van der Waals surface area contributed by atoms with Gasteiger partial charge in [-0.25, -0.2) is 4.39 Å². The van der Waals surface area contributed by atoms with Crippen LogP contribution >= 0.6 is 0 Å². The van der Waals surface area contributed by atoms with Gasteiger partial charge in [-0.15, -0.1) is 5.73 Å². The summed E-state index contributed by atoms with van der Waals surface area (Å²) >= 11 is 0. The van der Waals surface area contributed by atoms with Crippen LogP contribution in [0.3, 0.4) is 0 Å². The number of carbonyl (C=O) groups excluding carboxylic acids is 1. The van der Waals surface area contributed by atoms with Crippen LogP contribution in [0, 0.1) is 17.7 Å². The van der Waals surface area contributed by atoms with Crippen LogP contribution in [0.4, 0.5) is 4.39 Å². The highest BCUT2D eigenvalue weighted by atomic mass is 19.1. The average molecular weight is 262 g/mol. The molecule has 0 saturated heterocycles. The monoisotopic (exact) mass is 262 g/mol. The number of allylic oxidation sites excluding steroid dienone is 1. The molecule has 2 heteroatoms. The summed E-state index contributed by atoms with van der Waals surface area (Å²) in [6.07, 6.45) is 1.28. The van der Waals surface area contributed by atoms with Gasteiger partial charge in [0.2, 0.25) is 0 Å². The third kappa shape index (κ3) is 3.32. The molecule has 1 nitrogen and oxygen atoms in total. The molecular formula is C18H11FO. The van der Waals surface area contributed by atoms with E-state index >= 15 is 0 Å². The first-order valence-corrected chi connectivity index (χ1v) is 5.97. The van der Waals surface area contributed by atoms with Crippen molar-refractivity contribution in [2.24, 2.45) is 0 Å². The first-order chi connectivity index (χ1) is 9.70. The highest BCUT2D eigenvalue weighted by Gasteiger charge is 2.05. The maximum atomic E-state index is 12.8. The quantitative estimate of drug-likeness (QED) is 0.348. The van der Waals surface area contributed by atoms with Crippen molar-refractivity contribution in [3.63, 3.8) is 0 Å². The minimum absolute atomic E-state index is 0.191. The molecule has 0 radical (unpaired) electrons. The second-order valence-electron chi connectivity index (χ2n) is 4.02. The van der Waals surface area contributed by atoms with E-state index in [1.54, 1.807) is 30.3 Å². The first kappa shape index (κ1) is 13.5. The van der Waals surface area contributed by atoms with E-state index in [1.165, 1.54) is 18.2 Å². The van der Waals surface area contributed by atoms with Crippen molar-refractivity contribution in [2.45, 2.75) is 0 Å². The Morgan fingerprint density at radius 1 is 1.05 bits per heavy atom. The third-order valence-corrected chi connectivity index (χ3v) is 2.61. The SMILES string of the molecule is C=C=CC(=O)c1ccccc1C#Cc1ccc(F)cc1. The lowest BCUT2D eigenvalue weighted by Gasteiger charge is -1.98. The molecule has 0 N–H and O–H groups in total. The summed E-state index contributed by atoms with van der Waals surface area (Å²) in [7, 11) is 0. The van der Waals surface area contributed by atoms with Gasteiger partial charge < -0.3 is 0 Å². The van der Waals surface area contributed by atoms with Gasteiger partial charge in [0, 0.05) is 22.8 Å². The van der Waals surface area contributed by atoms with Crippen LogP contribution in [-0.4, -0.2) is 5.78 Å².